The third kappa shape index (κ3) is 7.01. The Hall–Kier alpha value is -9.84. The molecule has 0 unspecified atom stereocenters. The van der Waals surface area contributed by atoms with Gasteiger partial charge in [-0.2, -0.15) is 0 Å². The van der Waals surface area contributed by atoms with Crippen LogP contribution in [0.3, 0.4) is 0 Å². The Balaban J connectivity index is 0.851. The van der Waals surface area contributed by atoms with Crippen molar-refractivity contribution in [2.24, 2.45) is 0 Å². The molecular formula is C69H45N5. The highest BCUT2D eigenvalue weighted by Crippen LogP contribution is 2.58. The fraction of sp³-hybridized carbons (Fsp3) is 0.0145. The molecule has 1 aliphatic rings. The molecule has 346 valence electrons. The Morgan fingerprint density at radius 2 is 0.865 bits per heavy atom. The quantitative estimate of drug-likeness (QED) is 0.145. The van der Waals surface area contributed by atoms with Crippen molar-refractivity contribution in [3.05, 3.63) is 295 Å². The predicted octanol–water partition coefficient (Wildman–Crippen LogP) is 16.7. The van der Waals surface area contributed by atoms with Gasteiger partial charge in [0, 0.05) is 28.6 Å². The van der Waals surface area contributed by atoms with Crippen molar-refractivity contribution >= 4 is 21.8 Å². The van der Waals surface area contributed by atoms with Gasteiger partial charge in [-0.3, -0.25) is 9.55 Å². The molecule has 0 aliphatic heterocycles. The van der Waals surface area contributed by atoms with E-state index in [1.807, 2.05) is 30.5 Å². The summed E-state index contributed by atoms with van der Waals surface area (Å²) in [4.78, 5) is 20.6. The van der Waals surface area contributed by atoms with Crippen LogP contribution in [0, 0.1) is 0 Å². The van der Waals surface area contributed by atoms with E-state index in [0.29, 0.717) is 5.82 Å². The van der Waals surface area contributed by atoms with Crippen molar-refractivity contribution < 1.29 is 0 Å². The maximum absolute atomic E-state index is 5.48. The van der Waals surface area contributed by atoms with E-state index in [4.69, 9.17) is 15.0 Å². The fourth-order valence-electron chi connectivity index (χ4n) is 11.5. The second-order valence-electron chi connectivity index (χ2n) is 18.9. The first-order chi connectivity index (χ1) is 36.7. The van der Waals surface area contributed by atoms with Gasteiger partial charge in [0.15, 0.2) is 11.6 Å². The third-order valence-electron chi connectivity index (χ3n) is 14.8. The number of benzene rings is 10. The van der Waals surface area contributed by atoms with E-state index in [9.17, 15) is 0 Å². The minimum atomic E-state index is -0.533. The molecule has 5 heteroatoms. The summed E-state index contributed by atoms with van der Waals surface area (Å²) in [5.41, 5.74) is 20.0. The predicted molar refractivity (Wildman–Crippen MR) is 302 cm³/mol. The van der Waals surface area contributed by atoms with E-state index in [1.54, 1.807) is 0 Å². The molecule has 0 bridgehead atoms. The van der Waals surface area contributed by atoms with Gasteiger partial charge in [0.2, 0.25) is 0 Å². The van der Waals surface area contributed by atoms with Gasteiger partial charge in [-0.05, 0) is 109 Å². The third-order valence-corrected chi connectivity index (χ3v) is 14.8. The Morgan fingerprint density at radius 1 is 0.338 bits per heavy atom. The summed E-state index contributed by atoms with van der Waals surface area (Å²) in [6, 6.07) is 95.1. The highest BCUT2D eigenvalue weighted by Gasteiger charge is 2.47. The van der Waals surface area contributed by atoms with Gasteiger partial charge in [0.1, 0.15) is 5.69 Å². The minimum Gasteiger partial charge on any atom is -0.291 e. The van der Waals surface area contributed by atoms with Crippen LogP contribution in [0.4, 0.5) is 0 Å². The molecule has 14 rings (SSSR count). The number of para-hydroxylation sites is 2. The van der Waals surface area contributed by atoms with Crippen LogP contribution >= 0.6 is 0 Å². The highest BCUT2D eigenvalue weighted by atomic mass is 15.1. The van der Waals surface area contributed by atoms with Crippen molar-refractivity contribution in [2.45, 2.75) is 5.41 Å². The van der Waals surface area contributed by atoms with Crippen LogP contribution in [0.25, 0.3) is 106 Å². The zero-order valence-electron chi connectivity index (χ0n) is 40.2. The normalized spacial score (nSPS) is 12.4. The second-order valence-corrected chi connectivity index (χ2v) is 18.9. The monoisotopic (exact) mass is 943 g/mol. The molecule has 5 nitrogen and oxygen atoms in total. The summed E-state index contributed by atoms with van der Waals surface area (Å²) < 4.78 is 2.20. The van der Waals surface area contributed by atoms with Crippen LogP contribution in [-0.2, 0) is 5.41 Å². The van der Waals surface area contributed by atoms with E-state index in [0.717, 1.165) is 73.0 Å². The number of pyridine rings is 1. The van der Waals surface area contributed by atoms with Crippen molar-refractivity contribution in [3.8, 4) is 84.5 Å². The molecule has 1 aliphatic carbocycles. The lowest BCUT2D eigenvalue weighted by Crippen LogP contribution is -2.28. The summed E-state index contributed by atoms with van der Waals surface area (Å²) in [5, 5.41) is 2.38. The number of aromatic nitrogens is 5. The molecule has 0 atom stereocenters. The van der Waals surface area contributed by atoms with Gasteiger partial charge in [0.25, 0.3) is 0 Å². The lowest BCUT2D eigenvalue weighted by molar-refractivity contribution is 0.768. The summed E-state index contributed by atoms with van der Waals surface area (Å²) in [5.74, 6) is 1.51. The van der Waals surface area contributed by atoms with Crippen molar-refractivity contribution in [3.63, 3.8) is 0 Å². The highest BCUT2D eigenvalue weighted by molar-refractivity contribution is 6.05. The summed E-state index contributed by atoms with van der Waals surface area (Å²) >= 11 is 0. The Bertz CT molecular complexity index is 4170. The molecule has 0 radical (unpaired) electrons. The number of imidazole rings is 1. The van der Waals surface area contributed by atoms with Crippen LogP contribution in [0.1, 0.15) is 22.3 Å². The van der Waals surface area contributed by atoms with Gasteiger partial charge in [-0.25, -0.2) is 15.0 Å². The molecule has 74 heavy (non-hydrogen) atoms. The molecule has 0 saturated carbocycles. The SMILES string of the molecule is c1ccc(-c2cc(-c3ccc(-c4ccc(-c5ccc(-n6c(-c7ccccn7)nc7ccccc76)cc5)c5ccccc45)cc3)nc(-c3cccc4c3-c3ccccc3C4(c3ccccc3)c3ccccc3)n2)cc1. The molecular weight excluding hydrogens is 899 g/mol. The summed E-state index contributed by atoms with van der Waals surface area (Å²) in [6.45, 7) is 0. The first-order valence-electron chi connectivity index (χ1n) is 25.1. The molecule has 0 N–H and O–H groups in total. The topological polar surface area (TPSA) is 56.5 Å². The molecule has 13 aromatic rings. The van der Waals surface area contributed by atoms with Crippen LogP contribution in [0.5, 0.6) is 0 Å². The molecule has 3 aromatic heterocycles. The smallest absolute Gasteiger partial charge is 0.164 e. The van der Waals surface area contributed by atoms with E-state index in [-0.39, 0.29) is 0 Å². The molecule has 0 saturated heterocycles. The average Bonchev–Trinajstić information content (AvgIpc) is 4.10. The van der Waals surface area contributed by atoms with Crippen molar-refractivity contribution in [2.75, 3.05) is 0 Å². The van der Waals surface area contributed by atoms with Gasteiger partial charge in [-0.1, -0.05) is 224 Å². The zero-order chi connectivity index (χ0) is 49.0. The lowest BCUT2D eigenvalue weighted by Gasteiger charge is -2.33. The maximum atomic E-state index is 5.48. The van der Waals surface area contributed by atoms with E-state index in [1.165, 1.54) is 49.7 Å². The molecule has 0 fully saturated rings. The fourth-order valence-corrected chi connectivity index (χ4v) is 11.5. The van der Waals surface area contributed by atoms with Crippen LogP contribution in [-0.4, -0.2) is 24.5 Å². The molecule has 0 amide bonds. The molecule has 3 heterocycles. The Morgan fingerprint density at radius 3 is 1.53 bits per heavy atom. The summed E-state index contributed by atoms with van der Waals surface area (Å²) in [6.07, 6.45) is 1.82. The van der Waals surface area contributed by atoms with E-state index < -0.39 is 5.41 Å². The molecule has 10 aromatic carbocycles. The number of hydrogen-bond acceptors (Lipinski definition) is 4. The largest absolute Gasteiger partial charge is 0.291 e. The number of rotatable bonds is 9. The first kappa shape index (κ1) is 43.0. The Kier molecular flexibility index (Phi) is 10.3. The average molecular weight is 944 g/mol. The maximum Gasteiger partial charge on any atom is 0.164 e. The Labute approximate surface area is 429 Å². The van der Waals surface area contributed by atoms with Gasteiger partial charge >= 0.3 is 0 Å². The number of nitrogens with zero attached hydrogens (tertiary/aromatic N) is 5. The van der Waals surface area contributed by atoms with E-state index in [2.05, 4.69) is 252 Å². The summed E-state index contributed by atoms with van der Waals surface area (Å²) in [7, 11) is 0. The van der Waals surface area contributed by atoms with Crippen LogP contribution in [0.15, 0.2) is 273 Å². The second kappa shape index (κ2) is 17.8. The van der Waals surface area contributed by atoms with Gasteiger partial charge in [0.05, 0.1) is 27.8 Å². The standard InChI is InChI=1S/C69H45N5/c1-4-19-48(20-5-1)63-45-64(72-67(71-63)58-28-18-30-60-66(58)57-27-12-13-29-59(57)69(60,50-21-6-2-7-22-50)51-23-8-3-9-24-51)49-36-34-46(35-37-49)53-42-43-54(56-26-11-10-25-55(53)56)47-38-40-52(41-39-47)74-65-33-15-14-31-61(65)73-68(74)62-32-16-17-44-70-62/h1-45H. The zero-order valence-corrected chi connectivity index (χ0v) is 40.2. The van der Waals surface area contributed by atoms with Crippen LogP contribution in [0.2, 0.25) is 0 Å². The van der Waals surface area contributed by atoms with Crippen LogP contribution < -0.4 is 0 Å². The van der Waals surface area contributed by atoms with Gasteiger partial charge in [-0.15, -0.1) is 0 Å². The van der Waals surface area contributed by atoms with Crippen molar-refractivity contribution in [1.82, 2.24) is 24.5 Å². The molecule has 0 spiro atoms. The number of fused-ring (bicyclic) bond motifs is 5. The van der Waals surface area contributed by atoms with Gasteiger partial charge < -0.3 is 0 Å². The lowest BCUT2D eigenvalue weighted by atomic mass is 9.67. The van der Waals surface area contributed by atoms with E-state index >= 15 is 0 Å². The van der Waals surface area contributed by atoms with Crippen molar-refractivity contribution in [1.29, 1.82) is 0 Å². The number of hydrogen-bond donors (Lipinski definition) is 0. The minimum absolute atomic E-state index is 0.533. The first-order valence-corrected chi connectivity index (χ1v) is 25.1.